The van der Waals surface area contributed by atoms with E-state index < -0.39 is 17.7 Å². The molecule has 3 aromatic carbocycles. The van der Waals surface area contributed by atoms with E-state index in [-0.39, 0.29) is 11.3 Å². The van der Waals surface area contributed by atoms with Crippen molar-refractivity contribution < 1.29 is 33.6 Å². The molecule has 40 heavy (non-hydrogen) atoms. The second-order valence-corrected chi connectivity index (χ2v) is 10.3. The average Bonchev–Trinajstić information content (AvgIpc) is 3.52. The van der Waals surface area contributed by atoms with Crippen LogP contribution in [0.15, 0.2) is 66.2 Å². The molecule has 9 nitrogen and oxygen atoms in total. The summed E-state index contributed by atoms with van der Waals surface area (Å²) in [4.78, 5) is 33.3. The van der Waals surface area contributed by atoms with Crippen molar-refractivity contribution in [2.24, 2.45) is 0 Å². The van der Waals surface area contributed by atoms with Gasteiger partial charge in [0.25, 0.3) is 5.78 Å². The van der Waals surface area contributed by atoms with Crippen molar-refractivity contribution in [2.45, 2.75) is 19.4 Å². The van der Waals surface area contributed by atoms with Gasteiger partial charge in [0, 0.05) is 5.56 Å². The van der Waals surface area contributed by atoms with Crippen molar-refractivity contribution in [1.29, 1.82) is 0 Å². The molecule has 204 valence electrons. The van der Waals surface area contributed by atoms with E-state index in [1.807, 2.05) is 19.1 Å². The molecule has 1 N–H and O–H groups in total. The highest BCUT2D eigenvalue weighted by molar-refractivity contribution is 7.22. The van der Waals surface area contributed by atoms with Crippen LogP contribution >= 0.6 is 11.3 Å². The third kappa shape index (κ3) is 4.50. The van der Waals surface area contributed by atoms with E-state index in [1.165, 1.54) is 16.2 Å². The lowest BCUT2D eigenvalue weighted by atomic mass is 9.95. The summed E-state index contributed by atoms with van der Waals surface area (Å²) in [5.74, 6) is 0.343. The van der Waals surface area contributed by atoms with Gasteiger partial charge in [-0.1, -0.05) is 30.4 Å². The number of rotatable bonds is 7. The van der Waals surface area contributed by atoms with Crippen molar-refractivity contribution in [1.82, 2.24) is 4.98 Å². The minimum absolute atomic E-state index is 0.0499. The van der Waals surface area contributed by atoms with E-state index in [2.05, 4.69) is 4.98 Å². The predicted molar refractivity (Wildman–Crippen MR) is 151 cm³/mol. The van der Waals surface area contributed by atoms with Gasteiger partial charge in [-0.05, 0) is 60.5 Å². The molecule has 2 aliphatic heterocycles. The highest BCUT2D eigenvalue weighted by atomic mass is 32.1. The van der Waals surface area contributed by atoms with Crippen LogP contribution in [-0.4, -0.2) is 48.7 Å². The van der Waals surface area contributed by atoms with E-state index in [1.54, 1.807) is 55.6 Å². The molecule has 0 aliphatic carbocycles. The number of hydrogen-bond donors (Lipinski definition) is 1. The lowest BCUT2D eigenvalue weighted by molar-refractivity contribution is -0.132. The van der Waals surface area contributed by atoms with Crippen LogP contribution < -0.4 is 23.8 Å². The van der Waals surface area contributed by atoms with Crippen molar-refractivity contribution in [3.63, 3.8) is 0 Å². The summed E-state index contributed by atoms with van der Waals surface area (Å²) in [7, 11) is 1.58. The van der Waals surface area contributed by atoms with Crippen molar-refractivity contribution in [2.75, 3.05) is 31.8 Å². The number of carbonyl (C=O) groups is 2. The third-order valence-corrected chi connectivity index (χ3v) is 7.71. The van der Waals surface area contributed by atoms with E-state index in [0.29, 0.717) is 64.6 Å². The first-order valence-electron chi connectivity index (χ1n) is 12.9. The van der Waals surface area contributed by atoms with E-state index in [0.717, 1.165) is 11.1 Å². The number of anilines is 1. The number of ketones is 1. The van der Waals surface area contributed by atoms with E-state index >= 15 is 0 Å². The summed E-state index contributed by atoms with van der Waals surface area (Å²) in [5, 5.41) is 11.9. The number of aliphatic hydroxyl groups excluding tert-OH is 1. The largest absolute Gasteiger partial charge is 0.507 e. The zero-order chi connectivity index (χ0) is 27.8. The lowest BCUT2D eigenvalue weighted by Gasteiger charge is -2.23. The Morgan fingerprint density at radius 2 is 1.88 bits per heavy atom. The number of aromatic nitrogens is 1. The molecule has 4 aromatic rings. The number of amides is 1. The molecular formula is C30H26N2O7S. The average molecular weight is 559 g/mol. The summed E-state index contributed by atoms with van der Waals surface area (Å²) >= 11 is 1.26. The summed E-state index contributed by atoms with van der Waals surface area (Å²) < 4.78 is 23.2. The van der Waals surface area contributed by atoms with Gasteiger partial charge in [0.15, 0.2) is 16.6 Å². The lowest BCUT2D eigenvalue weighted by Crippen LogP contribution is -2.29. The van der Waals surface area contributed by atoms with Gasteiger partial charge in [0.2, 0.25) is 0 Å². The Kier molecular flexibility index (Phi) is 6.77. The molecule has 3 heterocycles. The molecular weight excluding hydrogens is 532 g/mol. The summed E-state index contributed by atoms with van der Waals surface area (Å²) in [6.45, 7) is 3.32. The number of ether oxygens (including phenoxy) is 4. The van der Waals surface area contributed by atoms with Crippen molar-refractivity contribution in [3.8, 4) is 23.0 Å². The molecule has 6 rings (SSSR count). The quantitative estimate of drug-likeness (QED) is 0.180. The van der Waals surface area contributed by atoms with Crippen LogP contribution in [0.5, 0.6) is 23.0 Å². The highest BCUT2D eigenvalue weighted by Crippen LogP contribution is 2.45. The van der Waals surface area contributed by atoms with Crippen LogP contribution in [0.4, 0.5) is 5.13 Å². The zero-order valence-corrected chi connectivity index (χ0v) is 22.7. The van der Waals surface area contributed by atoms with Gasteiger partial charge < -0.3 is 24.1 Å². The molecule has 0 radical (unpaired) electrons. The van der Waals surface area contributed by atoms with E-state index in [4.69, 9.17) is 18.9 Å². The van der Waals surface area contributed by atoms with Gasteiger partial charge in [-0.3, -0.25) is 14.5 Å². The van der Waals surface area contributed by atoms with Gasteiger partial charge in [-0.2, -0.15) is 0 Å². The maximum absolute atomic E-state index is 13.6. The van der Waals surface area contributed by atoms with E-state index in [9.17, 15) is 14.7 Å². The van der Waals surface area contributed by atoms with Gasteiger partial charge in [0.1, 0.15) is 30.5 Å². The number of aliphatic hydroxyl groups is 1. The fourth-order valence-corrected chi connectivity index (χ4v) is 5.83. The Bertz CT molecular complexity index is 1660. The van der Waals surface area contributed by atoms with Gasteiger partial charge in [-0.25, -0.2) is 4.98 Å². The molecule has 1 atom stereocenters. The van der Waals surface area contributed by atoms with Crippen LogP contribution in [0.1, 0.15) is 30.5 Å². The number of Topliss-reactive ketones (excluding diaryl/α,β-unsaturated/α-hetero) is 1. The SMILES string of the molecule is CCCOc1cccc([C@H]2C(=C(O)c3ccc4c(c3)OCCO4)C(=O)C(=O)N2c2nc3ccc(OC)cc3s2)c1. The number of benzene rings is 3. The Balaban J connectivity index is 1.52. The summed E-state index contributed by atoms with van der Waals surface area (Å²) in [5.41, 5.74) is 1.54. The number of thiazole rings is 1. The molecule has 10 heteroatoms. The maximum Gasteiger partial charge on any atom is 0.301 e. The normalized spacial score (nSPS) is 17.9. The first-order valence-corrected chi connectivity index (χ1v) is 13.7. The molecule has 1 aromatic heterocycles. The molecule has 1 amide bonds. The Morgan fingerprint density at radius 1 is 1.05 bits per heavy atom. The van der Waals surface area contributed by atoms with Crippen LogP contribution in [-0.2, 0) is 9.59 Å². The number of methoxy groups -OCH3 is 1. The monoisotopic (exact) mass is 558 g/mol. The van der Waals surface area contributed by atoms with Gasteiger partial charge >= 0.3 is 5.91 Å². The molecule has 0 bridgehead atoms. The number of nitrogens with zero attached hydrogens (tertiary/aromatic N) is 2. The van der Waals surface area contributed by atoms with Crippen LogP contribution in [0.2, 0.25) is 0 Å². The summed E-state index contributed by atoms with van der Waals surface area (Å²) in [6.07, 6.45) is 0.821. The van der Waals surface area contributed by atoms with Gasteiger partial charge in [-0.15, -0.1) is 0 Å². The second-order valence-electron chi connectivity index (χ2n) is 9.28. The smallest absolute Gasteiger partial charge is 0.301 e. The standard InChI is InChI=1S/C30H26N2O7S/c1-3-11-37-20-6-4-5-17(14-20)26-25(27(33)18-7-10-22-23(15-18)39-13-12-38-22)28(34)29(35)32(26)30-31-21-9-8-19(36-2)16-24(21)40-30/h4-10,14-16,26,33H,3,11-13H2,1-2H3/t26-/m0/s1. The first-order chi connectivity index (χ1) is 19.5. The number of carbonyl (C=O) groups excluding carboxylic acids is 2. The van der Waals surface area contributed by atoms with Crippen LogP contribution in [0.3, 0.4) is 0 Å². The Morgan fingerprint density at radius 3 is 2.67 bits per heavy atom. The maximum atomic E-state index is 13.6. The van der Waals surface area contributed by atoms with Crippen molar-refractivity contribution in [3.05, 3.63) is 77.4 Å². The highest BCUT2D eigenvalue weighted by Gasteiger charge is 2.48. The second kappa shape index (κ2) is 10.5. The molecule has 1 fully saturated rings. The number of fused-ring (bicyclic) bond motifs is 2. The zero-order valence-electron chi connectivity index (χ0n) is 21.9. The topological polar surface area (TPSA) is 107 Å². The molecule has 1 saturated heterocycles. The molecule has 0 unspecified atom stereocenters. The van der Waals surface area contributed by atoms with Crippen LogP contribution in [0.25, 0.3) is 16.0 Å². The third-order valence-electron chi connectivity index (χ3n) is 6.70. The molecule has 0 spiro atoms. The summed E-state index contributed by atoms with van der Waals surface area (Å²) in [6, 6.07) is 16.6. The molecule has 2 aliphatic rings. The van der Waals surface area contributed by atoms with Crippen molar-refractivity contribution >= 4 is 44.1 Å². The number of hydrogen-bond acceptors (Lipinski definition) is 9. The fourth-order valence-electron chi connectivity index (χ4n) is 4.81. The van der Waals surface area contributed by atoms with Gasteiger partial charge in [0.05, 0.1) is 35.5 Å². The Labute approximate surface area is 234 Å². The minimum Gasteiger partial charge on any atom is -0.507 e. The fraction of sp³-hybridized carbons (Fsp3) is 0.233. The first kappa shape index (κ1) is 25.7. The Hall–Kier alpha value is -4.57. The van der Waals surface area contributed by atoms with Crippen LogP contribution in [0, 0.1) is 0 Å². The predicted octanol–water partition coefficient (Wildman–Crippen LogP) is 5.49. The minimum atomic E-state index is -0.944. The molecule has 0 saturated carbocycles.